The fourth-order valence-corrected chi connectivity index (χ4v) is 2.49. The van der Waals surface area contributed by atoms with E-state index in [1.165, 1.54) is 29.2 Å². The number of anilines is 1. The van der Waals surface area contributed by atoms with Crippen molar-refractivity contribution < 1.29 is 27.4 Å². The van der Waals surface area contributed by atoms with Gasteiger partial charge in [0, 0.05) is 12.7 Å². The Hall–Kier alpha value is -3.48. The Kier molecular flexibility index (Phi) is 5.54. The van der Waals surface area contributed by atoms with Gasteiger partial charge in [0.25, 0.3) is 0 Å². The normalized spacial score (nSPS) is 11.0. The lowest BCUT2D eigenvalue weighted by atomic mass is 10.1. The van der Waals surface area contributed by atoms with Crippen LogP contribution in [0.5, 0.6) is 11.5 Å². The minimum absolute atomic E-state index is 0.286. The number of ether oxygens (including phenoxy) is 2. The fraction of sp³-hybridized carbons (Fsp3) is 0.0952. The van der Waals surface area contributed by atoms with E-state index in [-0.39, 0.29) is 5.75 Å². The number of halogens is 3. The Morgan fingerprint density at radius 2 is 1.29 bits per heavy atom. The molecule has 0 saturated heterocycles. The summed E-state index contributed by atoms with van der Waals surface area (Å²) in [5.74, 6) is 0.0688. The van der Waals surface area contributed by atoms with E-state index in [0.717, 1.165) is 5.56 Å². The second-order valence-corrected chi connectivity index (χ2v) is 5.86. The van der Waals surface area contributed by atoms with E-state index in [2.05, 4.69) is 4.74 Å². The van der Waals surface area contributed by atoms with E-state index in [0.29, 0.717) is 17.0 Å². The summed E-state index contributed by atoms with van der Waals surface area (Å²) in [4.78, 5) is 13.6. The Bertz CT molecular complexity index is 924. The Morgan fingerprint density at radius 1 is 0.786 bits per heavy atom. The standard InChI is InChI=1S/C21H16F3NO3/c1-25(17-5-3-2-4-6-17)20(26)27-18-11-7-15(8-12-18)16-9-13-19(14-10-16)28-21(22,23)24/h2-14H,1H3. The molecule has 0 fully saturated rings. The van der Waals surface area contributed by atoms with Gasteiger partial charge in [-0.25, -0.2) is 4.79 Å². The molecule has 144 valence electrons. The number of nitrogens with zero attached hydrogens (tertiary/aromatic N) is 1. The van der Waals surface area contributed by atoms with Gasteiger partial charge < -0.3 is 9.47 Å². The highest BCUT2D eigenvalue weighted by Crippen LogP contribution is 2.27. The number of hydrogen-bond acceptors (Lipinski definition) is 3. The van der Waals surface area contributed by atoms with E-state index in [4.69, 9.17) is 4.74 Å². The summed E-state index contributed by atoms with van der Waals surface area (Å²) < 4.78 is 45.8. The van der Waals surface area contributed by atoms with Crippen LogP contribution in [0, 0.1) is 0 Å². The molecular weight excluding hydrogens is 371 g/mol. The highest BCUT2D eigenvalue weighted by molar-refractivity contribution is 5.88. The number of carbonyl (C=O) groups is 1. The lowest BCUT2D eigenvalue weighted by Gasteiger charge is -2.16. The predicted molar refractivity (Wildman–Crippen MR) is 99.4 cm³/mol. The molecule has 4 nitrogen and oxygen atoms in total. The van der Waals surface area contributed by atoms with Crippen molar-refractivity contribution in [2.24, 2.45) is 0 Å². The molecule has 0 aliphatic heterocycles. The van der Waals surface area contributed by atoms with Crippen LogP contribution in [-0.2, 0) is 0 Å². The van der Waals surface area contributed by atoms with Crippen molar-refractivity contribution in [3.05, 3.63) is 78.9 Å². The lowest BCUT2D eigenvalue weighted by Crippen LogP contribution is -2.29. The molecule has 0 saturated carbocycles. The summed E-state index contributed by atoms with van der Waals surface area (Å²) in [6.45, 7) is 0. The van der Waals surface area contributed by atoms with Crippen molar-refractivity contribution >= 4 is 11.8 Å². The summed E-state index contributed by atoms with van der Waals surface area (Å²) in [5, 5.41) is 0. The van der Waals surface area contributed by atoms with Gasteiger partial charge in [0.15, 0.2) is 0 Å². The van der Waals surface area contributed by atoms with Crippen LogP contribution < -0.4 is 14.4 Å². The Balaban J connectivity index is 1.65. The first-order valence-corrected chi connectivity index (χ1v) is 8.29. The minimum Gasteiger partial charge on any atom is -0.410 e. The smallest absolute Gasteiger partial charge is 0.410 e. The predicted octanol–water partition coefficient (Wildman–Crippen LogP) is 5.89. The monoisotopic (exact) mass is 387 g/mol. The van der Waals surface area contributed by atoms with Crippen molar-refractivity contribution in [3.63, 3.8) is 0 Å². The van der Waals surface area contributed by atoms with Crippen LogP contribution in [0.25, 0.3) is 11.1 Å². The van der Waals surface area contributed by atoms with Gasteiger partial charge in [-0.15, -0.1) is 13.2 Å². The zero-order valence-electron chi connectivity index (χ0n) is 14.8. The maximum Gasteiger partial charge on any atom is 0.573 e. The highest BCUT2D eigenvalue weighted by atomic mass is 19.4. The van der Waals surface area contributed by atoms with Crippen molar-refractivity contribution in [2.75, 3.05) is 11.9 Å². The van der Waals surface area contributed by atoms with Gasteiger partial charge in [-0.05, 0) is 47.5 Å². The summed E-state index contributed by atoms with van der Waals surface area (Å²) in [6, 6.07) is 21.2. The van der Waals surface area contributed by atoms with Gasteiger partial charge in [-0.2, -0.15) is 0 Å². The lowest BCUT2D eigenvalue weighted by molar-refractivity contribution is -0.274. The fourth-order valence-electron chi connectivity index (χ4n) is 2.49. The van der Waals surface area contributed by atoms with E-state index >= 15 is 0 Å². The van der Waals surface area contributed by atoms with Crippen LogP contribution in [0.4, 0.5) is 23.7 Å². The molecular formula is C21H16F3NO3. The maximum atomic E-state index is 12.2. The highest BCUT2D eigenvalue weighted by Gasteiger charge is 2.30. The van der Waals surface area contributed by atoms with Gasteiger partial charge in [0.1, 0.15) is 11.5 Å². The number of carbonyl (C=O) groups excluding carboxylic acids is 1. The van der Waals surface area contributed by atoms with E-state index < -0.39 is 12.5 Å². The van der Waals surface area contributed by atoms with Crippen LogP contribution in [0.3, 0.4) is 0 Å². The first kappa shape index (κ1) is 19.3. The third-order valence-electron chi connectivity index (χ3n) is 3.90. The topological polar surface area (TPSA) is 38.8 Å². The van der Waals surface area contributed by atoms with E-state index in [9.17, 15) is 18.0 Å². The third kappa shape index (κ3) is 5.03. The molecule has 0 radical (unpaired) electrons. The molecule has 0 aliphatic carbocycles. The van der Waals surface area contributed by atoms with Crippen molar-refractivity contribution in [1.82, 2.24) is 0 Å². The number of benzene rings is 3. The molecule has 28 heavy (non-hydrogen) atoms. The molecule has 0 unspecified atom stereocenters. The van der Waals surface area contributed by atoms with Crippen molar-refractivity contribution in [3.8, 4) is 22.6 Å². The molecule has 0 heterocycles. The number of rotatable bonds is 4. The van der Waals surface area contributed by atoms with E-state index in [1.807, 2.05) is 18.2 Å². The molecule has 3 aromatic carbocycles. The van der Waals surface area contributed by atoms with E-state index in [1.54, 1.807) is 43.4 Å². The molecule has 0 spiro atoms. The van der Waals surface area contributed by atoms with Crippen LogP contribution in [0.15, 0.2) is 78.9 Å². The minimum atomic E-state index is -4.72. The van der Waals surface area contributed by atoms with Crippen LogP contribution in [0.1, 0.15) is 0 Å². The molecule has 0 bridgehead atoms. The second kappa shape index (κ2) is 8.04. The number of amides is 1. The SMILES string of the molecule is CN(C(=O)Oc1ccc(-c2ccc(OC(F)(F)F)cc2)cc1)c1ccccc1. The van der Waals surface area contributed by atoms with Crippen LogP contribution in [0.2, 0.25) is 0 Å². The zero-order valence-corrected chi connectivity index (χ0v) is 14.8. The molecule has 7 heteroatoms. The first-order chi connectivity index (χ1) is 13.3. The van der Waals surface area contributed by atoms with Gasteiger partial charge in [-0.3, -0.25) is 4.90 Å². The van der Waals surface area contributed by atoms with Gasteiger partial charge in [0.05, 0.1) is 0 Å². The van der Waals surface area contributed by atoms with Crippen LogP contribution >= 0.6 is 0 Å². The van der Waals surface area contributed by atoms with Crippen molar-refractivity contribution in [1.29, 1.82) is 0 Å². The average Bonchev–Trinajstić information content (AvgIpc) is 2.68. The Labute approximate surface area is 159 Å². The molecule has 3 aromatic rings. The van der Waals surface area contributed by atoms with Gasteiger partial charge >= 0.3 is 12.5 Å². The van der Waals surface area contributed by atoms with Crippen molar-refractivity contribution in [2.45, 2.75) is 6.36 Å². The first-order valence-electron chi connectivity index (χ1n) is 8.29. The number of para-hydroxylation sites is 1. The second-order valence-electron chi connectivity index (χ2n) is 5.86. The molecule has 0 aliphatic rings. The maximum absolute atomic E-state index is 12.2. The molecule has 1 amide bonds. The summed E-state index contributed by atoms with van der Waals surface area (Å²) in [6.07, 6.45) is -5.26. The summed E-state index contributed by atoms with van der Waals surface area (Å²) >= 11 is 0. The van der Waals surface area contributed by atoms with Gasteiger partial charge in [-0.1, -0.05) is 42.5 Å². The zero-order chi connectivity index (χ0) is 20.1. The molecule has 0 aromatic heterocycles. The Morgan fingerprint density at radius 3 is 1.79 bits per heavy atom. The molecule has 0 N–H and O–H groups in total. The van der Waals surface area contributed by atoms with Gasteiger partial charge in [0.2, 0.25) is 0 Å². The summed E-state index contributed by atoms with van der Waals surface area (Å²) in [5.41, 5.74) is 2.16. The molecule has 0 atom stereocenters. The largest absolute Gasteiger partial charge is 0.573 e. The van der Waals surface area contributed by atoms with Crippen LogP contribution in [-0.4, -0.2) is 19.5 Å². The molecule has 3 rings (SSSR count). The average molecular weight is 387 g/mol. The summed E-state index contributed by atoms with van der Waals surface area (Å²) in [7, 11) is 1.61. The quantitative estimate of drug-likeness (QED) is 0.561. The third-order valence-corrected chi connectivity index (χ3v) is 3.90. The number of hydrogen-bond donors (Lipinski definition) is 0. The number of alkyl halides is 3.